The van der Waals surface area contributed by atoms with Crippen molar-refractivity contribution < 1.29 is 43.1 Å². The van der Waals surface area contributed by atoms with Crippen LogP contribution < -0.4 is 43.8 Å². The number of nitrogens with one attached hydrogen (secondary N) is 5. The van der Waals surface area contributed by atoms with Crippen molar-refractivity contribution in [1.82, 2.24) is 36.4 Å². The number of ether oxygens (including phenoxy) is 1. The number of nitrogens with two attached hydrogens (primary N) is 3. The Hall–Kier alpha value is -6.73. The highest BCUT2D eigenvalue weighted by molar-refractivity contribution is 5.98. The highest BCUT2D eigenvalue weighted by Gasteiger charge is 2.44. The molecule has 2 fully saturated rings. The molecule has 2 saturated heterocycles. The van der Waals surface area contributed by atoms with Gasteiger partial charge >= 0.3 is 6.09 Å². The van der Waals surface area contributed by atoms with Crippen molar-refractivity contribution in [3.8, 4) is 0 Å². The van der Waals surface area contributed by atoms with E-state index in [1.165, 1.54) is 16.7 Å². The standard InChI is InChI=1S/C48H71N11O9/c1-6-7-21-33(39(49)60)54-43(64)37-23-15-26-58(37)45(66)38-24-16-27-59(38)44(65)36(29-32-19-12-9-13-20-32)56-42(63)35(28-31-17-10-8-11-18-31)55-40(61)30(2)53-41(62)34(22-14-25-52-46(50)51)57-47(67)68-48(3,4)5/h8-13,17-20,30,33-38H,6-7,14-16,21-29H2,1-5H3,(H2,49,60)(H,53,62)(H,54,64)(H,55,61)(H,56,63)(H,57,67)(H4,50,51,52)/t30-,33-,34-,35+,36-,37-,38+/m0/s1. The number of alkyl carbamates (subject to hydrolysis) is 1. The number of guanidine groups is 1. The van der Waals surface area contributed by atoms with E-state index in [2.05, 4.69) is 31.6 Å². The van der Waals surface area contributed by atoms with Gasteiger partial charge < -0.3 is 58.3 Å². The van der Waals surface area contributed by atoms with Crippen LogP contribution in [0.5, 0.6) is 0 Å². The summed E-state index contributed by atoms with van der Waals surface area (Å²) in [5.41, 5.74) is 17.0. The molecular weight excluding hydrogens is 875 g/mol. The Morgan fingerprint density at radius 3 is 1.79 bits per heavy atom. The van der Waals surface area contributed by atoms with Gasteiger partial charge in [-0.15, -0.1) is 0 Å². The van der Waals surface area contributed by atoms with Gasteiger partial charge in [-0.2, -0.15) is 0 Å². The third-order valence-corrected chi connectivity index (χ3v) is 11.7. The molecule has 0 aliphatic carbocycles. The highest BCUT2D eigenvalue weighted by Crippen LogP contribution is 2.26. The number of carbonyl (C=O) groups excluding carboxylic acids is 8. The summed E-state index contributed by atoms with van der Waals surface area (Å²) >= 11 is 0. The maximum absolute atomic E-state index is 14.7. The van der Waals surface area contributed by atoms with Crippen molar-refractivity contribution in [3.63, 3.8) is 0 Å². The average Bonchev–Trinajstić information content (AvgIpc) is 3.99. The summed E-state index contributed by atoms with van der Waals surface area (Å²) in [5, 5.41) is 13.6. The number of aliphatic imine (C=N–C) groups is 1. The molecule has 0 bridgehead atoms. The van der Waals surface area contributed by atoms with Gasteiger partial charge in [-0.3, -0.25) is 38.6 Å². The van der Waals surface area contributed by atoms with E-state index in [-0.39, 0.29) is 44.9 Å². The Morgan fingerprint density at radius 1 is 0.676 bits per heavy atom. The molecule has 20 nitrogen and oxygen atoms in total. The zero-order valence-electron chi connectivity index (χ0n) is 40.0. The normalized spacial score (nSPS) is 17.9. The molecule has 8 amide bonds. The summed E-state index contributed by atoms with van der Waals surface area (Å²) in [5.74, 6) is -4.28. The largest absolute Gasteiger partial charge is 0.444 e. The van der Waals surface area contributed by atoms with Crippen LogP contribution in [0.3, 0.4) is 0 Å². The molecule has 2 heterocycles. The van der Waals surface area contributed by atoms with Crippen LogP contribution in [0.25, 0.3) is 0 Å². The van der Waals surface area contributed by atoms with Crippen LogP contribution >= 0.6 is 0 Å². The Bertz CT molecular complexity index is 2080. The minimum Gasteiger partial charge on any atom is -0.444 e. The Kier molecular flexibility index (Phi) is 20.6. The third-order valence-electron chi connectivity index (χ3n) is 11.7. The number of hydrogen-bond acceptors (Lipinski definition) is 10. The molecule has 11 N–H and O–H groups in total. The first kappa shape index (κ1) is 53.9. The quantitative estimate of drug-likeness (QED) is 0.0442. The van der Waals surface area contributed by atoms with Crippen LogP contribution in [-0.2, 0) is 51.1 Å². The van der Waals surface area contributed by atoms with Crippen LogP contribution in [-0.4, -0.2) is 131 Å². The maximum atomic E-state index is 14.7. The second-order valence-electron chi connectivity index (χ2n) is 18.4. The maximum Gasteiger partial charge on any atom is 0.408 e. The van der Waals surface area contributed by atoms with Crippen LogP contribution in [0.15, 0.2) is 65.7 Å². The van der Waals surface area contributed by atoms with Gasteiger partial charge in [-0.05, 0) is 83.8 Å². The van der Waals surface area contributed by atoms with E-state index in [1.54, 1.807) is 63.2 Å². The third kappa shape index (κ3) is 16.9. The topological polar surface area (TPSA) is 303 Å². The van der Waals surface area contributed by atoms with Crippen LogP contribution in [0.1, 0.15) is 104 Å². The zero-order chi connectivity index (χ0) is 50.0. The molecule has 20 heteroatoms. The molecule has 7 atom stereocenters. The van der Waals surface area contributed by atoms with E-state index < -0.39 is 95.3 Å². The second-order valence-corrected chi connectivity index (χ2v) is 18.4. The van der Waals surface area contributed by atoms with Gasteiger partial charge in [0, 0.05) is 32.5 Å². The summed E-state index contributed by atoms with van der Waals surface area (Å²) in [4.78, 5) is 116. The number of unbranched alkanes of at least 4 members (excludes halogenated alkanes) is 1. The summed E-state index contributed by atoms with van der Waals surface area (Å²) in [7, 11) is 0. The predicted octanol–water partition coefficient (Wildman–Crippen LogP) is 1.04. The summed E-state index contributed by atoms with van der Waals surface area (Å²) in [6, 6.07) is 10.6. The molecular formula is C48H71N11O9. The fourth-order valence-electron chi connectivity index (χ4n) is 8.22. The van der Waals surface area contributed by atoms with Crippen molar-refractivity contribution >= 4 is 53.4 Å². The Morgan fingerprint density at radius 2 is 1.22 bits per heavy atom. The van der Waals surface area contributed by atoms with Gasteiger partial charge in [0.1, 0.15) is 47.9 Å². The van der Waals surface area contributed by atoms with E-state index in [0.29, 0.717) is 50.5 Å². The lowest BCUT2D eigenvalue weighted by atomic mass is 10.0. The van der Waals surface area contributed by atoms with Crippen LogP contribution in [0.4, 0.5) is 4.79 Å². The smallest absolute Gasteiger partial charge is 0.408 e. The summed E-state index contributed by atoms with van der Waals surface area (Å²) in [6.07, 6.45) is 3.24. The lowest BCUT2D eigenvalue weighted by Gasteiger charge is -2.33. The monoisotopic (exact) mass is 946 g/mol. The Balaban J connectivity index is 1.55. The molecule has 68 heavy (non-hydrogen) atoms. The predicted molar refractivity (Wildman–Crippen MR) is 255 cm³/mol. The molecule has 372 valence electrons. The number of primary amides is 1. The van der Waals surface area contributed by atoms with Gasteiger partial charge in [0.15, 0.2) is 5.96 Å². The van der Waals surface area contributed by atoms with Crippen LogP contribution in [0.2, 0.25) is 0 Å². The van der Waals surface area contributed by atoms with Gasteiger partial charge in [-0.1, -0.05) is 80.4 Å². The van der Waals surface area contributed by atoms with E-state index >= 15 is 0 Å². The number of likely N-dealkylation sites (tertiary alicyclic amines) is 2. The number of amides is 8. The molecule has 2 aliphatic rings. The first-order valence-electron chi connectivity index (χ1n) is 23.5. The minimum atomic E-state index is -1.24. The fraction of sp³-hybridized carbons (Fsp3) is 0.562. The van der Waals surface area contributed by atoms with E-state index in [9.17, 15) is 38.4 Å². The highest BCUT2D eigenvalue weighted by atomic mass is 16.6. The first-order valence-corrected chi connectivity index (χ1v) is 23.5. The molecule has 2 aromatic carbocycles. The molecule has 0 aromatic heterocycles. The van der Waals surface area contributed by atoms with Gasteiger partial charge in [0.05, 0.1) is 0 Å². The van der Waals surface area contributed by atoms with E-state index in [1.807, 2.05) is 25.1 Å². The SMILES string of the molecule is CCCC[C@H](NC(=O)[C@@H]1CCCN1C(=O)[C@H]1CCCN1C(=O)[C@H](Cc1ccccc1)NC(=O)[C@@H](Cc1ccccc1)NC(=O)[C@H](C)NC(=O)[C@H](CCCN=C(N)N)NC(=O)OC(C)(C)C)C(N)=O. The lowest BCUT2D eigenvalue weighted by Crippen LogP contribution is -2.60. The molecule has 0 saturated carbocycles. The van der Waals surface area contributed by atoms with Gasteiger partial charge in [0.2, 0.25) is 41.4 Å². The molecule has 0 spiro atoms. The number of hydrogen-bond donors (Lipinski definition) is 8. The zero-order valence-corrected chi connectivity index (χ0v) is 40.0. The van der Waals surface area contributed by atoms with Crippen molar-refractivity contribution in [1.29, 1.82) is 0 Å². The number of rotatable bonds is 23. The van der Waals surface area contributed by atoms with Crippen molar-refractivity contribution in [3.05, 3.63) is 71.8 Å². The summed E-state index contributed by atoms with van der Waals surface area (Å²) in [6.45, 7) is 9.09. The molecule has 0 radical (unpaired) electrons. The molecule has 4 rings (SSSR count). The Labute approximate surface area is 398 Å². The average molecular weight is 946 g/mol. The number of carbonyl (C=O) groups is 8. The first-order chi connectivity index (χ1) is 32.3. The van der Waals surface area contributed by atoms with E-state index in [4.69, 9.17) is 21.9 Å². The van der Waals surface area contributed by atoms with Crippen molar-refractivity contribution in [2.45, 2.75) is 153 Å². The number of benzene rings is 2. The van der Waals surface area contributed by atoms with Gasteiger partial charge in [-0.25, -0.2) is 4.79 Å². The molecule has 0 unspecified atom stereocenters. The number of nitrogens with zero attached hydrogens (tertiary/aromatic N) is 3. The second kappa shape index (κ2) is 26.0. The van der Waals surface area contributed by atoms with Crippen LogP contribution in [0, 0.1) is 0 Å². The lowest BCUT2D eigenvalue weighted by molar-refractivity contribution is -0.148. The van der Waals surface area contributed by atoms with Crippen molar-refractivity contribution in [2.75, 3.05) is 19.6 Å². The summed E-state index contributed by atoms with van der Waals surface area (Å²) < 4.78 is 5.36. The minimum absolute atomic E-state index is 0.0111. The fourth-order valence-corrected chi connectivity index (χ4v) is 8.22. The van der Waals surface area contributed by atoms with E-state index in [0.717, 1.165) is 12.0 Å². The molecule has 2 aromatic rings. The van der Waals surface area contributed by atoms with Gasteiger partial charge in [0.25, 0.3) is 0 Å². The van der Waals surface area contributed by atoms with Crippen molar-refractivity contribution in [2.24, 2.45) is 22.2 Å². The molecule has 2 aliphatic heterocycles.